The Morgan fingerprint density at radius 1 is 1.53 bits per heavy atom. The molecule has 1 aromatic rings. The van der Waals surface area contributed by atoms with Crippen molar-refractivity contribution in [1.82, 2.24) is 0 Å². The fourth-order valence-electron chi connectivity index (χ4n) is 1.08. The second kappa shape index (κ2) is 6.90. The minimum absolute atomic E-state index is 0.141. The molecule has 0 amide bonds. The maximum absolute atomic E-state index is 11.0. The Balaban J connectivity index is 2.28. The van der Waals surface area contributed by atoms with Gasteiger partial charge in [-0.25, -0.2) is 0 Å². The summed E-state index contributed by atoms with van der Waals surface area (Å²) in [5, 5.41) is 0. The van der Waals surface area contributed by atoms with E-state index in [0.29, 0.717) is 12.4 Å². The van der Waals surface area contributed by atoms with E-state index < -0.39 is 0 Å². The highest BCUT2D eigenvalue weighted by molar-refractivity contribution is 9.10. The summed E-state index contributed by atoms with van der Waals surface area (Å²) in [6.07, 6.45) is 0. The molecule has 0 aromatic heterocycles. The van der Waals surface area contributed by atoms with Gasteiger partial charge in [-0.3, -0.25) is 4.79 Å². The Hall–Kier alpha value is -0.480. The molecule has 0 aliphatic rings. The summed E-state index contributed by atoms with van der Waals surface area (Å²) < 4.78 is 5.90. The number of hydrogen-bond acceptors (Lipinski definition) is 3. The van der Waals surface area contributed by atoms with Gasteiger partial charge in [-0.2, -0.15) is 0 Å². The summed E-state index contributed by atoms with van der Waals surface area (Å²) in [4.78, 5) is 11.0. The smallest absolute Gasteiger partial charge is 0.315 e. The molecule has 15 heavy (non-hydrogen) atoms. The van der Waals surface area contributed by atoms with Crippen molar-refractivity contribution in [3.05, 3.63) is 34.3 Å². The van der Waals surface area contributed by atoms with Gasteiger partial charge in [0.15, 0.2) is 0 Å². The lowest BCUT2D eigenvalue weighted by Gasteiger charge is -2.02. The molecule has 0 spiro atoms. The number of carbonyl (C=O) groups is 1. The summed E-state index contributed by atoms with van der Waals surface area (Å²) >= 11 is 4.97. The first-order chi connectivity index (χ1) is 7.22. The summed E-state index contributed by atoms with van der Waals surface area (Å²) in [7, 11) is 0. The first-order valence-electron chi connectivity index (χ1n) is 4.70. The topological polar surface area (TPSA) is 26.3 Å². The van der Waals surface area contributed by atoms with Crippen LogP contribution in [0.15, 0.2) is 28.7 Å². The van der Waals surface area contributed by atoms with E-state index in [1.54, 1.807) is 11.8 Å². The third-order valence-electron chi connectivity index (χ3n) is 1.68. The average molecular weight is 289 g/mol. The molecule has 1 rings (SSSR count). The highest BCUT2D eigenvalue weighted by Crippen LogP contribution is 2.16. The molecule has 1 aromatic carbocycles. The molecular weight excluding hydrogens is 276 g/mol. The maximum atomic E-state index is 11.0. The summed E-state index contributed by atoms with van der Waals surface area (Å²) in [6, 6.07) is 8.07. The molecule has 0 N–H and O–H groups in total. The molecule has 0 aliphatic carbocycles. The van der Waals surface area contributed by atoms with Gasteiger partial charge in [0, 0.05) is 10.2 Å². The minimum Gasteiger partial charge on any atom is -0.465 e. The molecule has 0 atom stereocenters. The van der Waals surface area contributed by atoms with Gasteiger partial charge < -0.3 is 4.74 Å². The van der Waals surface area contributed by atoms with Crippen molar-refractivity contribution in [2.45, 2.75) is 12.7 Å². The molecule has 0 fully saturated rings. The van der Waals surface area contributed by atoms with Crippen LogP contribution >= 0.6 is 27.7 Å². The zero-order chi connectivity index (χ0) is 11.1. The Labute approximate surface area is 103 Å². The van der Waals surface area contributed by atoms with Crippen LogP contribution in [0, 0.1) is 0 Å². The predicted octanol–water partition coefficient (Wildman–Crippen LogP) is 3.25. The van der Waals surface area contributed by atoms with Gasteiger partial charge in [0.2, 0.25) is 0 Å². The Kier molecular flexibility index (Phi) is 5.79. The van der Waals surface area contributed by atoms with E-state index in [0.717, 1.165) is 10.2 Å². The summed E-state index contributed by atoms with van der Waals surface area (Å²) in [5.74, 6) is 1.11. The standard InChI is InChI=1S/C11H13BrO2S/c1-2-14-11(13)8-15-7-9-4-3-5-10(12)6-9/h3-6H,2,7-8H2,1H3. The Morgan fingerprint density at radius 3 is 3.00 bits per heavy atom. The average Bonchev–Trinajstić information content (AvgIpc) is 2.18. The number of thioether (sulfide) groups is 1. The van der Waals surface area contributed by atoms with Gasteiger partial charge >= 0.3 is 5.97 Å². The molecular formula is C11H13BrO2S. The number of rotatable bonds is 5. The van der Waals surface area contributed by atoms with Crippen molar-refractivity contribution in [1.29, 1.82) is 0 Å². The molecule has 0 aliphatic heterocycles. The van der Waals surface area contributed by atoms with Crippen LogP contribution in [0.5, 0.6) is 0 Å². The van der Waals surface area contributed by atoms with Crippen molar-refractivity contribution in [2.24, 2.45) is 0 Å². The second-order valence-corrected chi connectivity index (χ2v) is 4.83. The Morgan fingerprint density at radius 2 is 2.33 bits per heavy atom. The number of carbonyl (C=O) groups excluding carboxylic acids is 1. The number of esters is 1. The van der Waals surface area contributed by atoms with E-state index in [1.165, 1.54) is 5.56 Å². The highest BCUT2D eigenvalue weighted by Gasteiger charge is 2.01. The molecule has 0 heterocycles. The number of ether oxygens (including phenoxy) is 1. The zero-order valence-electron chi connectivity index (χ0n) is 8.53. The molecule has 2 nitrogen and oxygen atoms in total. The van der Waals surface area contributed by atoms with Gasteiger partial charge in [0.1, 0.15) is 0 Å². The molecule has 0 radical (unpaired) electrons. The lowest BCUT2D eigenvalue weighted by Crippen LogP contribution is -2.06. The lowest BCUT2D eigenvalue weighted by atomic mass is 10.2. The van der Waals surface area contributed by atoms with E-state index in [9.17, 15) is 4.79 Å². The van der Waals surface area contributed by atoms with Gasteiger partial charge in [-0.15, -0.1) is 11.8 Å². The fraction of sp³-hybridized carbons (Fsp3) is 0.364. The summed E-state index contributed by atoms with van der Waals surface area (Å²) in [5.41, 5.74) is 1.21. The minimum atomic E-state index is -0.141. The van der Waals surface area contributed by atoms with E-state index >= 15 is 0 Å². The van der Waals surface area contributed by atoms with Crippen LogP contribution in [0.25, 0.3) is 0 Å². The normalized spacial score (nSPS) is 10.0. The monoisotopic (exact) mass is 288 g/mol. The predicted molar refractivity (Wildman–Crippen MR) is 66.9 cm³/mol. The quantitative estimate of drug-likeness (QED) is 0.778. The number of halogens is 1. The zero-order valence-corrected chi connectivity index (χ0v) is 10.9. The fourth-order valence-corrected chi connectivity index (χ4v) is 2.30. The largest absolute Gasteiger partial charge is 0.465 e. The molecule has 0 bridgehead atoms. The molecule has 0 saturated carbocycles. The number of benzene rings is 1. The lowest BCUT2D eigenvalue weighted by molar-refractivity contribution is -0.139. The first kappa shape index (κ1) is 12.6. The second-order valence-electron chi connectivity index (χ2n) is 2.93. The van der Waals surface area contributed by atoms with Crippen LogP contribution in [0.4, 0.5) is 0 Å². The van der Waals surface area contributed by atoms with Crippen LogP contribution in [0.1, 0.15) is 12.5 Å². The third kappa shape index (κ3) is 5.23. The SMILES string of the molecule is CCOC(=O)CSCc1cccc(Br)c1. The van der Waals surface area contributed by atoms with Crippen molar-refractivity contribution >= 4 is 33.7 Å². The van der Waals surface area contributed by atoms with Crippen molar-refractivity contribution in [3.63, 3.8) is 0 Å². The van der Waals surface area contributed by atoms with E-state index in [-0.39, 0.29) is 5.97 Å². The molecule has 0 saturated heterocycles. The van der Waals surface area contributed by atoms with Crippen LogP contribution in [0.3, 0.4) is 0 Å². The van der Waals surface area contributed by atoms with Gasteiger partial charge in [-0.05, 0) is 24.6 Å². The van der Waals surface area contributed by atoms with Crippen LogP contribution in [-0.2, 0) is 15.3 Å². The van der Waals surface area contributed by atoms with Gasteiger partial charge in [0.05, 0.1) is 12.4 Å². The summed E-state index contributed by atoms with van der Waals surface area (Å²) in [6.45, 7) is 2.27. The van der Waals surface area contributed by atoms with E-state index in [1.807, 2.05) is 25.1 Å². The van der Waals surface area contributed by atoms with Crippen molar-refractivity contribution < 1.29 is 9.53 Å². The van der Waals surface area contributed by atoms with Gasteiger partial charge in [0.25, 0.3) is 0 Å². The van der Waals surface area contributed by atoms with E-state index in [2.05, 4.69) is 22.0 Å². The Bertz CT molecular complexity index is 328. The molecule has 0 unspecified atom stereocenters. The maximum Gasteiger partial charge on any atom is 0.315 e. The van der Waals surface area contributed by atoms with Crippen molar-refractivity contribution in [3.8, 4) is 0 Å². The highest BCUT2D eigenvalue weighted by atomic mass is 79.9. The first-order valence-corrected chi connectivity index (χ1v) is 6.65. The number of hydrogen-bond donors (Lipinski definition) is 0. The molecule has 4 heteroatoms. The van der Waals surface area contributed by atoms with Crippen LogP contribution < -0.4 is 0 Å². The van der Waals surface area contributed by atoms with Gasteiger partial charge in [-0.1, -0.05) is 28.1 Å². The van der Waals surface area contributed by atoms with E-state index in [4.69, 9.17) is 4.74 Å². The third-order valence-corrected chi connectivity index (χ3v) is 3.15. The van der Waals surface area contributed by atoms with Crippen LogP contribution in [0.2, 0.25) is 0 Å². The van der Waals surface area contributed by atoms with Crippen molar-refractivity contribution in [2.75, 3.05) is 12.4 Å². The van der Waals surface area contributed by atoms with Crippen LogP contribution in [-0.4, -0.2) is 18.3 Å². The molecule has 82 valence electrons.